The molecule has 3 aliphatic rings. The molecule has 37 heavy (non-hydrogen) atoms. The van der Waals surface area contributed by atoms with Crippen molar-refractivity contribution >= 4 is 51.7 Å². The zero-order valence-electron chi connectivity index (χ0n) is 19.9. The van der Waals surface area contributed by atoms with Crippen LogP contribution in [-0.2, 0) is 19.1 Å². The molecule has 1 fully saturated rings. The zero-order valence-corrected chi connectivity index (χ0v) is 20.7. The van der Waals surface area contributed by atoms with Gasteiger partial charge in [0.1, 0.15) is 16.6 Å². The second kappa shape index (κ2) is 10.5. The highest BCUT2D eigenvalue weighted by atomic mass is 32.2. The lowest BCUT2D eigenvalue weighted by atomic mass is 10.1. The molecule has 190 valence electrons. The number of carbonyl (C=O) groups is 3. The van der Waals surface area contributed by atoms with E-state index in [-0.39, 0.29) is 28.9 Å². The Morgan fingerprint density at radius 2 is 1.92 bits per heavy atom. The first-order valence-corrected chi connectivity index (χ1v) is 12.5. The summed E-state index contributed by atoms with van der Waals surface area (Å²) in [6.45, 7) is 4.11. The summed E-state index contributed by atoms with van der Waals surface area (Å²) >= 11 is 1.11. The van der Waals surface area contributed by atoms with E-state index in [0.29, 0.717) is 55.0 Å². The number of amides is 2. The number of ether oxygens (including phenoxy) is 2. The van der Waals surface area contributed by atoms with E-state index in [9.17, 15) is 14.4 Å². The minimum atomic E-state index is -0.587. The number of rotatable bonds is 6. The van der Waals surface area contributed by atoms with Gasteiger partial charge in [0.25, 0.3) is 5.91 Å². The van der Waals surface area contributed by atoms with Gasteiger partial charge in [-0.1, -0.05) is 12.1 Å². The van der Waals surface area contributed by atoms with Crippen LogP contribution in [0.3, 0.4) is 0 Å². The molecule has 0 atom stereocenters. The highest BCUT2D eigenvalue weighted by molar-refractivity contribution is 8.27. The average molecular weight is 522 g/mol. The Hall–Kier alpha value is -4.03. The van der Waals surface area contributed by atoms with Gasteiger partial charge in [-0.05, 0) is 49.0 Å². The lowest BCUT2D eigenvalue weighted by Crippen LogP contribution is -2.41. The van der Waals surface area contributed by atoms with E-state index in [2.05, 4.69) is 10.1 Å². The van der Waals surface area contributed by atoms with E-state index in [1.807, 2.05) is 0 Å². The molecule has 1 aromatic heterocycles. The molecular formula is C25H23N5O6S. The minimum Gasteiger partial charge on any atom is -0.462 e. The lowest BCUT2D eigenvalue weighted by molar-refractivity contribution is -0.133. The van der Waals surface area contributed by atoms with Gasteiger partial charge in [0.05, 0.1) is 37.4 Å². The van der Waals surface area contributed by atoms with Gasteiger partial charge in [-0.15, -0.1) is 0 Å². The van der Waals surface area contributed by atoms with Crippen LogP contribution in [0, 0.1) is 5.41 Å². The summed E-state index contributed by atoms with van der Waals surface area (Å²) in [6.07, 6.45) is 1.51. The largest absolute Gasteiger partial charge is 0.462 e. The molecular weight excluding hydrogens is 498 g/mol. The number of hydrogen-bond acceptors (Lipinski definition) is 9. The summed E-state index contributed by atoms with van der Waals surface area (Å²) in [5.74, 6) is -0.328. The number of fused-ring (bicyclic) bond motifs is 1. The van der Waals surface area contributed by atoms with Gasteiger partial charge in [0.15, 0.2) is 5.84 Å². The fraction of sp³-hybridized carbons (Fsp3) is 0.280. The molecule has 1 aromatic carbocycles. The molecule has 4 heterocycles. The third-order valence-corrected chi connectivity index (χ3v) is 6.66. The first-order valence-electron chi connectivity index (χ1n) is 11.6. The van der Waals surface area contributed by atoms with E-state index < -0.39 is 11.9 Å². The highest BCUT2D eigenvalue weighted by Gasteiger charge is 2.36. The molecule has 0 bridgehead atoms. The first-order chi connectivity index (χ1) is 17.9. The van der Waals surface area contributed by atoms with Crippen LogP contribution in [0.1, 0.15) is 29.5 Å². The van der Waals surface area contributed by atoms with Crippen molar-refractivity contribution in [2.24, 2.45) is 10.1 Å². The van der Waals surface area contributed by atoms with Crippen molar-refractivity contribution in [1.29, 1.82) is 5.41 Å². The highest BCUT2D eigenvalue weighted by Crippen LogP contribution is 2.31. The summed E-state index contributed by atoms with van der Waals surface area (Å²) < 4.78 is 16.1. The van der Waals surface area contributed by atoms with E-state index in [1.54, 1.807) is 48.2 Å². The summed E-state index contributed by atoms with van der Waals surface area (Å²) in [5.41, 5.74) is 1.19. The molecule has 1 saturated heterocycles. The van der Waals surface area contributed by atoms with Gasteiger partial charge in [-0.2, -0.15) is 15.1 Å². The number of hydrazone groups is 1. The first kappa shape index (κ1) is 24.7. The second-order valence-corrected chi connectivity index (χ2v) is 9.22. The third-order valence-electron chi connectivity index (χ3n) is 5.76. The Labute approximate surface area is 216 Å². The van der Waals surface area contributed by atoms with E-state index in [1.165, 1.54) is 11.1 Å². The summed E-state index contributed by atoms with van der Waals surface area (Å²) in [7, 11) is 0. The van der Waals surface area contributed by atoms with Crippen LogP contribution in [0.4, 0.5) is 0 Å². The van der Waals surface area contributed by atoms with Crippen molar-refractivity contribution < 1.29 is 28.3 Å². The number of nitrogens with one attached hydrogen (secondary N) is 1. The topological polar surface area (TPSA) is 138 Å². The Balaban J connectivity index is 1.29. The molecule has 11 nitrogen and oxygen atoms in total. The van der Waals surface area contributed by atoms with Crippen LogP contribution >= 0.6 is 11.8 Å². The third kappa shape index (κ3) is 5.25. The lowest BCUT2D eigenvalue weighted by Gasteiger charge is -2.26. The van der Waals surface area contributed by atoms with Gasteiger partial charge in [0.2, 0.25) is 11.1 Å². The molecule has 0 unspecified atom stereocenters. The maximum absolute atomic E-state index is 12.7. The number of carbonyl (C=O) groups excluding carboxylic acids is 3. The summed E-state index contributed by atoms with van der Waals surface area (Å²) in [5, 5.41) is 14.9. The number of morpholine rings is 1. The van der Waals surface area contributed by atoms with Crippen molar-refractivity contribution in [2.45, 2.75) is 13.3 Å². The van der Waals surface area contributed by atoms with Crippen LogP contribution in [-0.4, -0.2) is 76.6 Å². The van der Waals surface area contributed by atoms with Gasteiger partial charge >= 0.3 is 5.97 Å². The fourth-order valence-corrected chi connectivity index (χ4v) is 4.75. The van der Waals surface area contributed by atoms with Crippen LogP contribution in [0.25, 0.3) is 17.4 Å². The number of hydrogen-bond donors (Lipinski definition) is 1. The molecule has 0 saturated carbocycles. The van der Waals surface area contributed by atoms with Crippen LogP contribution in [0.15, 0.2) is 56.5 Å². The van der Waals surface area contributed by atoms with Crippen LogP contribution < -0.4 is 0 Å². The number of nitrogens with zero attached hydrogens (tertiary/aromatic N) is 4. The van der Waals surface area contributed by atoms with Crippen molar-refractivity contribution in [3.05, 3.63) is 53.3 Å². The van der Waals surface area contributed by atoms with Gasteiger partial charge in [-0.3, -0.25) is 15.0 Å². The SMILES string of the molecule is CCOC(=O)c1ccc(-c2ccc(/C=C3/C(=N)N4N=C(CC(=O)N5CCOCC5)SC4=NC3=O)o2)cc1. The van der Waals surface area contributed by atoms with Crippen LogP contribution in [0.5, 0.6) is 0 Å². The Kier molecular flexibility index (Phi) is 7.01. The summed E-state index contributed by atoms with van der Waals surface area (Å²) in [4.78, 5) is 42.9. The van der Waals surface area contributed by atoms with Gasteiger partial charge in [-0.25, -0.2) is 4.79 Å². The number of esters is 1. The van der Waals surface area contributed by atoms with Gasteiger partial charge in [0, 0.05) is 18.7 Å². The predicted octanol–water partition coefficient (Wildman–Crippen LogP) is 2.99. The average Bonchev–Trinajstić information content (AvgIpc) is 3.54. The molecule has 0 radical (unpaired) electrons. The minimum absolute atomic E-state index is 0.0208. The number of thioether (sulfide) groups is 1. The molecule has 5 rings (SSSR count). The van der Waals surface area contributed by atoms with Crippen molar-refractivity contribution in [1.82, 2.24) is 9.91 Å². The zero-order chi connectivity index (χ0) is 25.9. The maximum atomic E-state index is 12.7. The molecule has 3 aliphatic heterocycles. The number of amidine groups is 2. The molecule has 2 amide bonds. The van der Waals surface area contributed by atoms with E-state index in [4.69, 9.17) is 19.3 Å². The standard InChI is InChI=1S/C25H23N5O6S/c1-2-35-24(33)16-5-3-15(4-6-16)19-8-7-17(36-19)13-18-22(26)30-25(27-23(18)32)37-20(28-30)14-21(31)29-9-11-34-12-10-29/h3-8,13,26H,2,9-12,14H2,1H3/b18-13-,26-22?. The Bertz CT molecular complexity index is 1350. The summed E-state index contributed by atoms with van der Waals surface area (Å²) in [6, 6.07) is 10.2. The normalized spacial score (nSPS) is 18.6. The second-order valence-electron chi connectivity index (χ2n) is 8.18. The maximum Gasteiger partial charge on any atom is 0.338 e. The smallest absolute Gasteiger partial charge is 0.338 e. The molecule has 12 heteroatoms. The Morgan fingerprint density at radius 1 is 1.16 bits per heavy atom. The molecule has 0 aliphatic carbocycles. The molecule has 0 spiro atoms. The van der Waals surface area contributed by atoms with Crippen LogP contribution in [0.2, 0.25) is 0 Å². The molecule has 2 aromatic rings. The Morgan fingerprint density at radius 3 is 2.65 bits per heavy atom. The number of furan rings is 1. The monoisotopic (exact) mass is 521 g/mol. The molecule has 1 N–H and O–H groups in total. The van der Waals surface area contributed by atoms with E-state index >= 15 is 0 Å². The fourth-order valence-electron chi connectivity index (χ4n) is 3.87. The number of benzene rings is 1. The van der Waals surface area contributed by atoms with E-state index in [0.717, 1.165) is 17.3 Å². The van der Waals surface area contributed by atoms with Crippen molar-refractivity contribution in [2.75, 3.05) is 32.9 Å². The van der Waals surface area contributed by atoms with Crippen molar-refractivity contribution in [3.63, 3.8) is 0 Å². The van der Waals surface area contributed by atoms with Gasteiger partial charge < -0.3 is 18.8 Å². The predicted molar refractivity (Wildman–Crippen MR) is 137 cm³/mol. The number of aliphatic imine (C=N–C) groups is 1. The quantitative estimate of drug-likeness (QED) is 0.452. The van der Waals surface area contributed by atoms with Crippen molar-refractivity contribution in [3.8, 4) is 11.3 Å².